The monoisotopic (exact) mass is 601 g/mol. The number of aromatic nitrogens is 4. The van der Waals surface area contributed by atoms with E-state index in [1.165, 1.54) is 18.5 Å². The second-order valence-corrected chi connectivity index (χ2v) is 9.81. The van der Waals surface area contributed by atoms with Crippen LogP contribution in [0.25, 0.3) is 22.2 Å². The SMILES string of the molecule is [2H]C([2H])([2H])n1cc(-c2nc(Nc3cc(NC(=O)C=C)c(N(C)CCN(C)C)nc3OCC(F)(F)F)ncc2CO)c2ccccc21. The van der Waals surface area contributed by atoms with Gasteiger partial charge in [-0.05, 0) is 32.3 Å². The number of ether oxygens (including phenoxy) is 1. The molecule has 0 aliphatic rings. The number of carbonyl (C=O) groups excluding carboxylic acids is 1. The number of para-hydroxylation sites is 1. The highest BCUT2D eigenvalue weighted by Gasteiger charge is 2.30. The molecule has 0 aliphatic heterocycles. The zero-order valence-electron chi connectivity index (χ0n) is 26.7. The van der Waals surface area contributed by atoms with Crippen molar-refractivity contribution in [3.63, 3.8) is 0 Å². The van der Waals surface area contributed by atoms with Crippen molar-refractivity contribution in [2.45, 2.75) is 12.8 Å². The van der Waals surface area contributed by atoms with Crippen LogP contribution in [0.15, 0.2) is 55.4 Å². The van der Waals surface area contributed by atoms with E-state index in [-0.39, 0.29) is 34.4 Å². The molecule has 14 heteroatoms. The predicted molar refractivity (Wildman–Crippen MR) is 160 cm³/mol. The number of alkyl halides is 3. The molecular weight excluding hydrogens is 565 g/mol. The van der Waals surface area contributed by atoms with Gasteiger partial charge in [-0.15, -0.1) is 0 Å². The van der Waals surface area contributed by atoms with Crippen LogP contribution in [-0.4, -0.2) is 82.4 Å². The van der Waals surface area contributed by atoms with Crippen LogP contribution in [0.4, 0.5) is 36.3 Å². The largest absolute Gasteiger partial charge is 0.466 e. The van der Waals surface area contributed by atoms with Crippen LogP contribution in [0.2, 0.25) is 0 Å². The Morgan fingerprint density at radius 1 is 1.21 bits per heavy atom. The van der Waals surface area contributed by atoms with Crippen molar-refractivity contribution in [1.29, 1.82) is 0 Å². The Labute approximate surface area is 250 Å². The van der Waals surface area contributed by atoms with E-state index in [0.717, 1.165) is 10.6 Å². The van der Waals surface area contributed by atoms with Gasteiger partial charge in [0.15, 0.2) is 12.4 Å². The van der Waals surface area contributed by atoms with Gasteiger partial charge in [-0.2, -0.15) is 18.2 Å². The van der Waals surface area contributed by atoms with Gasteiger partial charge in [-0.3, -0.25) is 4.79 Å². The van der Waals surface area contributed by atoms with Gasteiger partial charge in [0.2, 0.25) is 17.7 Å². The zero-order chi connectivity index (χ0) is 33.8. The zero-order valence-corrected chi connectivity index (χ0v) is 23.7. The maximum Gasteiger partial charge on any atom is 0.422 e. The quantitative estimate of drug-likeness (QED) is 0.204. The molecule has 4 rings (SSSR count). The molecule has 0 radical (unpaired) electrons. The first-order valence-electron chi connectivity index (χ1n) is 14.5. The van der Waals surface area contributed by atoms with E-state index in [1.807, 2.05) is 19.0 Å². The van der Waals surface area contributed by atoms with E-state index in [9.17, 15) is 23.1 Å². The normalized spacial score (nSPS) is 12.9. The fraction of sp³-hybridized carbons (Fsp3) is 0.310. The minimum absolute atomic E-state index is 0.110. The maximum absolute atomic E-state index is 13.3. The number of hydrogen-bond acceptors (Lipinski definition) is 9. The molecule has 0 fully saturated rings. The van der Waals surface area contributed by atoms with Crippen LogP contribution in [0.5, 0.6) is 5.88 Å². The molecule has 3 aromatic heterocycles. The topological polar surface area (TPSA) is 121 Å². The lowest BCUT2D eigenvalue weighted by Gasteiger charge is -2.25. The third-order valence-corrected chi connectivity index (χ3v) is 6.28. The molecule has 0 aliphatic carbocycles. The number of benzene rings is 1. The second kappa shape index (κ2) is 13.1. The average molecular weight is 602 g/mol. The van der Waals surface area contributed by atoms with Crippen molar-refractivity contribution in [3.8, 4) is 17.1 Å². The molecule has 4 aromatic rings. The lowest BCUT2D eigenvalue weighted by molar-refractivity contribution is -0.153. The molecule has 3 N–H and O–H groups in total. The van der Waals surface area contributed by atoms with Crippen LogP contribution in [0, 0.1) is 0 Å². The van der Waals surface area contributed by atoms with Crippen molar-refractivity contribution in [1.82, 2.24) is 24.4 Å². The Bertz CT molecular complexity index is 1730. The first-order valence-corrected chi connectivity index (χ1v) is 13.0. The van der Waals surface area contributed by atoms with Gasteiger partial charge in [0.25, 0.3) is 0 Å². The molecule has 0 unspecified atom stereocenters. The van der Waals surface area contributed by atoms with Gasteiger partial charge in [0.1, 0.15) is 5.69 Å². The number of fused-ring (bicyclic) bond motifs is 1. The van der Waals surface area contributed by atoms with Crippen molar-refractivity contribution < 1.29 is 31.9 Å². The summed E-state index contributed by atoms with van der Waals surface area (Å²) in [4.78, 5) is 28.9. The van der Waals surface area contributed by atoms with Gasteiger partial charge < -0.3 is 34.8 Å². The first kappa shape index (κ1) is 27.2. The smallest absolute Gasteiger partial charge is 0.422 e. The van der Waals surface area contributed by atoms with E-state index in [2.05, 4.69) is 32.2 Å². The van der Waals surface area contributed by atoms with Gasteiger partial charge in [-0.25, -0.2) is 9.97 Å². The number of amides is 1. The number of rotatable bonds is 12. The highest BCUT2D eigenvalue weighted by atomic mass is 19.4. The third kappa shape index (κ3) is 7.59. The van der Waals surface area contributed by atoms with Crippen LogP contribution < -0.4 is 20.3 Å². The maximum atomic E-state index is 13.3. The number of nitrogens with one attached hydrogen (secondary N) is 2. The summed E-state index contributed by atoms with van der Waals surface area (Å²) in [7, 11) is 5.36. The Hall–Kier alpha value is -4.69. The summed E-state index contributed by atoms with van der Waals surface area (Å²) in [6.45, 7) is -0.239. The number of aliphatic hydroxyl groups excluding tert-OH is 1. The predicted octanol–water partition coefficient (Wildman–Crippen LogP) is 4.33. The average Bonchev–Trinajstić information content (AvgIpc) is 3.39. The molecule has 0 atom stereocenters. The third-order valence-electron chi connectivity index (χ3n) is 6.28. The lowest BCUT2D eigenvalue weighted by atomic mass is 10.1. The summed E-state index contributed by atoms with van der Waals surface area (Å²) in [6, 6.07) is 8.09. The summed E-state index contributed by atoms with van der Waals surface area (Å²) in [5, 5.41) is 16.1. The Balaban J connectivity index is 1.85. The van der Waals surface area contributed by atoms with Crippen LogP contribution in [0.1, 0.15) is 9.68 Å². The molecule has 0 spiro atoms. The number of halogens is 3. The second-order valence-electron chi connectivity index (χ2n) is 9.81. The summed E-state index contributed by atoms with van der Waals surface area (Å²) in [6.07, 6.45) is -0.957. The summed E-state index contributed by atoms with van der Waals surface area (Å²) in [5.74, 6) is -1.03. The van der Waals surface area contributed by atoms with Gasteiger partial charge in [-0.1, -0.05) is 24.8 Å². The van der Waals surface area contributed by atoms with Gasteiger partial charge in [0.05, 0.1) is 18.0 Å². The highest BCUT2D eigenvalue weighted by molar-refractivity contribution is 6.01. The van der Waals surface area contributed by atoms with Gasteiger partial charge >= 0.3 is 6.18 Å². The van der Waals surface area contributed by atoms with Crippen molar-refractivity contribution >= 4 is 40.0 Å². The van der Waals surface area contributed by atoms with E-state index in [0.29, 0.717) is 29.6 Å². The number of anilines is 4. The fourth-order valence-corrected chi connectivity index (χ4v) is 4.16. The van der Waals surface area contributed by atoms with Crippen molar-refractivity contribution in [2.24, 2.45) is 6.98 Å². The van der Waals surface area contributed by atoms with Crippen LogP contribution >= 0.6 is 0 Å². The van der Waals surface area contributed by atoms with Gasteiger partial charge in [0, 0.05) is 65.6 Å². The molecule has 0 bridgehead atoms. The molecular formula is C29H33F3N8O3. The molecule has 11 nitrogen and oxygen atoms in total. The lowest BCUT2D eigenvalue weighted by Crippen LogP contribution is -2.30. The molecule has 1 aromatic carbocycles. The van der Waals surface area contributed by atoms with Crippen LogP contribution in [0.3, 0.4) is 0 Å². The van der Waals surface area contributed by atoms with Crippen molar-refractivity contribution in [3.05, 3.63) is 60.9 Å². The number of carbonyl (C=O) groups is 1. The molecule has 3 heterocycles. The van der Waals surface area contributed by atoms with E-state index < -0.39 is 38.2 Å². The minimum atomic E-state index is -4.69. The highest BCUT2D eigenvalue weighted by Crippen LogP contribution is 2.37. The van der Waals surface area contributed by atoms with E-state index >= 15 is 0 Å². The van der Waals surface area contributed by atoms with Crippen LogP contribution in [-0.2, 0) is 18.4 Å². The molecule has 43 heavy (non-hydrogen) atoms. The minimum Gasteiger partial charge on any atom is -0.466 e. The Morgan fingerprint density at radius 3 is 2.65 bits per heavy atom. The first-order chi connectivity index (χ1) is 21.6. The Morgan fingerprint density at radius 2 is 1.98 bits per heavy atom. The number of aryl methyl sites for hydroxylation is 1. The molecule has 0 saturated heterocycles. The number of pyridine rings is 1. The number of hydrogen-bond donors (Lipinski definition) is 3. The van der Waals surface area contributed by atoms with E-state index in [4.69, 9.17) is 8.85 Å². The summed E-state index contributed by atoms with van der Waals surface area (Å²) >= 11 is 0. The number of nitrogens with zero attached hydrogens (tertiary/aromatic N) is 6. The molecule has 1 amide bonds. The summed E-state index contributed by atoms with van der Waals surface area (Å²) < 4.78 is 69.9. The number of aliphatic hydroxyl groups is 1. The number of likely N-dealkylation sites (N-methyl/N-ethyl adjacent to an activating group) is 2. The molecule has 0 saturated carbocycles. The summed E-state index contributed by atoms with van der Waals surface area (Å²) in [5.41, 5.74) is 1.26. The Kier molecular flexibility index (Phi) is 8.27. The fourth-order valence-electron chi connectivity index (χ4n) is 4.16. The van der Waals surface area contributed by atoms with Crippen molar-refractivity contribution in [2.75, 3.05) is 56.4 Å². The van der Waals surface area contributed by atoms with E-state index in [1.54, 1.807) is 36.2 Å². The standard InChI is InChI=1S/C29H33F3N8O3/c1-6-24(42)34-21-13-22(27(43-17-29(30,31)32)37-26(21)39(4)12-11-38(2)3)35-28-33-14-18(16-41)25(36-28)20-15-40(5)23-10-8-7-9-19(20)23/h6-10,13-15,41H,1,11-12,16-17H2,2-5H3,(H,34,42)(H,33,35,36)/i5D3. The molecule has 228 valence electrons.